The normalized spacial score (nSPS) is 11.0. The lowest BCUT2D eigenvalue weighted by Crippen LogP contribution is -2.09. The van der Waals surface area contributed by atoms with Gasteiger partial charge in [0, 0.05) is 37.1 Å². The molecule has 3 heteroatoms. The molecule has 0 N–H and O–H groups in total. The van der Waals surface area contributed by atoms with Crippen LogP contribution in [0.2, 0.25) is 0 Å². The van der Waals surface area contributed by atoms with Crippen LogP contribution in [0.1, 0.15) is 5.69 Å². The first-order chi connectivity index (χ1) is 14.2. The van der Waals surface area contributed by atoms with Crippen LogP contribution >= 0.6 is 0 Å². The molecule has 3 nitrogen and oxygen atoms in total. The van der Waals surface area contributed by atoms with E-state index in [1.54, 1.807) is 6.20 Å². The predicted octanol–water partition coefficient (Wildman–Crippen LogP) is 6.23. The van der Waals surface area contributed by atoms with Gasteiger partial charge in [-0.3, -0.25) is 9.98 Å². The Kier molecular flexibility index (Phi) is 5.48. The Hall–Kier alpha value is -3.72. The molecule has 142 valence electrons. The molecular weight excluding hydrogens is 354 g/mol. The second kappa shape index (κ2) is 8.53. The molecule has 4 aromatic rings. The molecule has 0 aliphatic carbocycles. The third kappa shape index (κ3) is 4.25. The Morgan fingerprint density at radius 3 is 1.76 bits per heavy atom. The van der Waals surface area contributed by atoms with Crippen LogP contribution in [-0.2, 0) is 0 Å². The van der Waals surface area contributed by atoms with E-state index in [1.807, 2.05) is 36.5 Å². The largest absolute Gasteiger partial charge is 0.378 e. The van der Waals surface area contributed by atoms with Crippen LogP contribution < -0.4 is 4.90 Å². The number of nitrogens with zero attached hydrogens (tertiary/aromatic N) is 3. The van der Waals surface area contributed by atoms with E-state index in [4.69, 9.17) is 4.99 Å². The fraction of sp³-hybridized carbons (Fsp3) is 0.0769. The third-order valence-electron chi connectivity index (χ3n) is 4.79. The summed E-state index contributed by atoms with van der Waals surface area (Å²) in [6.45, 7) is 0. The SMILES string of the molecule is CN(C)c1cc(-c2ccccc2)c(/N=C/c2ccccn2)c(-c2ccccc2)c1. The Labute approximate surface area is 172 Å². The Morgan fingerprint density at radius 2 is 1.28 bits per heavy atom. The number of hydrogen-bond acceptors (Lipinski definition) is 3. The maximum atomic E-state index is 4.92. The third-order valence-corrected chi connectivity index (χ3v) is 4.79. The summed E-state index contributed by atoms with van der Waals surface area (Å²) in [7, 11) is 4.13. The molecule has 3 aromatic carbocycles. The summed E-state index contributed by atoms with van der Waals surface area (Å²) in [4.78, 5) is 11.4. The maximum absolute atomic E-state index is 4.92. The summed E-state index contributed by atoms with van der Waals surface area (Å²) in [5.74, 6) is 0. The first-order valence-corrected chi connectivity index (χ1v) is 9.64. The van der Waals surface area contributed by atoms with Gasteiger partial charge < -0.3 is 4.90 Å². The molecule has 0 unspecified atom stereocenters. The quantitative estimate of drug-likeness (QED) is 0.386. The van der Waals surface area contributed by atoms with Crippen molar-refractivity contribution in [1.82, 2.24) is 4.98 Å². The van der Waals surface area contributed by atoms with Gasteiger partial charge >= 0.3 is 0 Å². The second-order valence-corrected chi connectivity index (χ2v) is 7.03. The van der Waals surface area contributed by atoms with Crippen molar-refractivity contribution in [2.45, 2.75) is 0 Å². The lowest BCUT2D eigenvalue weighted by Gasteiger charge is -2.19. The van der Waals surface area contributed by atoms with Gasteiger partial charge in [-0.2, -0.15) is 0 Å². The average Bonchev–Trinajstić information content (AvgIpc) is 2.79. The van der Waals surface area contributed by atoms with Crippen molar-refractivity contribution in [3.05, 3.63) is 103 Å². The topological polar surface area (TPSA) is 28.5 Å². The van der Waals surface area contributed by atoms with Crippen LogP contribution in [0, 0.1) is 0 Å². The van der Waals surface area contributed by atoms with Crippen molar-refractivity contribution >= 4 is 17.6 Å². The molecule has 0 saturated heterocycles. The van der Waals surface area contributed by atoms with Crippen LogP contribution in [0.3, 0.4) is 0 Å². The lowest BCUT2D eigenvalue weighted by molar-refractivity contribution is 1.13. The molecule has 0 fully saturated rings. The number of anilines is 1. The molecule has 0 radical (unpaired) electrons. The van der Waals surface area contributed by atoms with Crippen LogP contribution in [0.5, 0.6) is 0 Å². The Balaban J connectivity index is 1.97. The van der Waals surface area contributed by atoms with Crippen molar-refractivity contribution in [3.8, 4) is 22.3 Å². The van der Waals surface area contributed by atoms with Crippen LogP contribution in [0.15, 0.2) is 102 Å². The maximum Gasteiger partial charge on any atom is 0.0812 e. The van der Waals surface area contributed by atoms with Gasteiger partial charge in [0.25, 0.3) is 0 Å². The summed E-state index contributed by atoms with van der Waals surface area (Å²) in [5.41, 5.74) is 7.40. The fourth-order valence-corrected chi connectivity index (χ4v) is 3.28. The van der Waals surface area contributed by atoms with E-state index >= 15 is 0 Å². The number of benzene rings is 3. The average molecular weight is 377 g/mol. The molecule has 4 rings (SSSR count). The highest BCUT2D eigenvalue weighted by molar-refractivity contribution is 5.94. The van der Waals surface area contributed by atoms with Gasteiger partial charge in [-0.25, -0.2) is 0 Å². The second-order valence-electron chi connectivity index (χ2n) is 7.03. The summed E-state index contributed by atoms with van der Waals surface area (Å²) in [5, 5.41) is 0. The Bertz CT molecular complexity index is 1040. The number of hydrogen-bond donors (Lipinski definition) is 0. The van der Waals surface area contributed by atoms with Gasteiger partial charge in [-0.05, 0) is 35.4 Å². The zero-order valence-electron chi connectivity index (χ0n) is 16.7. The van der Waals surface area contributed by atoms with Gasteiger partial charge in [-0.15, -0.1) is 0 Å². The number of pyridine rings is 1. The molecule has 1 aromatic heterocycles. The molecular formula is C26H23N3. The van der Waals surface area contributed by atoms with E-state index in [2.05, 4.69) is 84.6 Å². The molecule has 29 heavy (non-hydrogen) atoms. The fourth-order valence-electron chi connectivity index (χ4n) is 3.28. The van der Waals surface area contributed by atoms with Crippen LogP contribution in [-0.4, -0.2) is 25.3 Å². The summed E-state index contributed by atoms with van der Waals surface area (Å²) in [6, 6.07) is 31.1. The molecule has 0 aliphatic heterocycles. The molecule has 0 bridgehead atoms. The van der Waals surface area contributed by atoms with Crippen molar-refractivity contribution in [2.24, 2.45) is 4.99 Å². The van der Waals surface area contributed by atoms with Crippen molar-refractivity contribution in [3.63, 3.8) is 0 Å². The predicted molar refractivity (Wildman–Crippen MR) is 123 cm³/mol. The van der Waals surface area contributed by atoms with E-state index < -0.39 is 0 Å². The molecule has 0 amide bonds. The lowest BCUT2D eigenvalue weighted by atomic mass is 9.95. The highest BCUT2D eigenvalue weighted by Crippen LogP contribution is 2.42. The smallest absolute Gasteiger partial charge is 0.0812 e. The zero-order valence-corrected chi connectivity index (χ0v) is 16.7. The summed E-state index contributed by atoms with van der Waals surface area (Å²) < 4.78 is 0. The van der Waals surface area contributed by atoms with Gasteiger partial charge in [0.15, 0.2) is 0 Å². The van der Waals surface area contributed by atoms with Crippen molar-refractivity contribution < 1.29 is 0 Å². The van der Waals surface area contributed by atoms with Crippen LogP contribution in [0.25, 0.3) is 22.3 Å². The highest BCUT2D eigenvalue weighted by atomic mass is 15.1. The molecule has 0 spiro atoms. The van der Waals surface area contributed by atoms with Crippen molar-refractivity contribution in [2.75, 3.05) is 19.0 Å². The molecule has 0 atom stereocenters. The zero-order chi connectivity index (χ0) is 20.1. The van der Waals surface area contributed by atoms with Gasteiger partial charge in [-0.1, -0.05) is 66.7 Å². The number of aromatic nitrogens is 1. The van der Waals surface area contributed by atoms with Crippen LogP contribution in [0.4, 0.5) is 11.4 Å². The monoisotopic (exact) mass is 377 g/mol. The van der Waals surface area contributed by atoms with Crippen molar-refractivity contribution in [1.29, 1.82) is 0 Å². The minimum absolute atomic E-state index is 0.835. The number of aliphatic imine (C=N–C) groups is 1. The van der Waals surface area contributed by atoms with E-state index in [0.29, 0.717) is 0 Å². The van der Waals surface area contributed by atoms with E-state index in [1.165, 1.54) is 0 Å². The Morgan fingerprint density at radius 1 is 0.724 bits per heavy atom. The van der Waals surface area contributed by atoms with E-state index in [0.717, 1.165) is 39.3 Å². The van der Waals surface area contributed by atoms with Gasteiger partial charge in [0.2, 0.25) is 0 Å². The van der Waals surface area contributed by atoms with E-state index in [-0.39, 0.29) is 0 Å². The minimum Gasteiger partial charge on any atom is -0.378 e. The number of rotatable bonds is 5. The first kappa shape index (κ1) is 18.6. The molecule has 0 saturated carbocycles. The minimum atomic E-state index is 0.835. The van der Waals surface area contributed by atoms with E-state index in [9.17, 15) is 0 Å². The first-order valence-electron chi connectivity index (χ1n) is 9.64. The summed E-state index contributed by atoms with van der Waals surface area (Å²) in [6.07, 6.45) is 3.62. The molecule has 0 aliphatic rings. The van der Waals surface area contributed by atoms with Gasteiger partial charge in [0.05, 0.1) is 17.6 Å². The highest BCUT2D eigenvalue weighted by Gasteiger charge is 2.14. The molecule has 1 heterocycles. The summed E-state index contributed by atoms with van der Waals surface area (Å²) >= 11 is 0. The van der Waals surface area contributed by atoms with Gasteiger partial charge in [0.1, 0.15) is 0 Å². The standard InChI is InChI=1S/C26H23N3/c1-29(2)23-17-24(20-11-5-3-6-12-20)26(28-19-22-15-9-10-16-27-22)25(18-23)21-13-7-4-8-14-21/h3-19H,1-2H3/b28-19+.